The number of benzene rings is 3. The van der Waals surface area contributed by atoms with E-state index in [0.29, 0.717) is 57.7 Å². The molecule has 232 valence electrons. The number of nitrogens with one attached hydrogen (secondary N) is 1. The molecule has 0 bridgehead atoms. The van der Waals surface area contributed by atoms with E-state index < -0.39 is 6.04 Å². The monoisotopic (exact) mass is 602 g/mol. The lowest BCUT2D eigenvalue weighted by Crippen LogP contribution is -2.38. The Balaban J connectivity index is 1.74. The number of nitrogens with zero attached hydrogens (tertiary/aromatic N) is 1. The van der Waals surface area contributed by atoms with Crippen molar-refractivity contribution < 1.29 is 38.0 Å². The zero-order chi connectivity index (χ0) is 31.5. The van der Waals surface area contributed by atoms with E-state index >= 15 is 0 Å². The summed E-state index contributed by atoms with van der Waals surface area (Å²) in [6.07, 6.45) is 0.952. The van der Waals surface area contributed by atoms with Crippen molar-refractivity contribution in [1.82, 2.24) is 0 Å². The minimum Gasteiger partial charge on any atom is -0.493 e. The van der Waals surface area contributed by atoms with Crippen molar-refractivity contribution in [3.63, 3.8) is 0 Å². The van der Waals surface area contributed by atoms with Gasteiger partial charge in [-0.3, -0.25) is 14.5 Å². The minimum atomic E-state index is -0.754. The number of amides is 1. The van der Waals surface area contributed by atoms with Gasteiger partial charge in [0.2, 0.25) is 17.4 Å². The molecule has 3 aromatic carbocycles. The number of para-hydroxylation sites is 2. The highest BCUT2D eigenvalue weighted by atomic mass is 16.5. The molecule has 1 N–H and O–H groups in total. The molecule has 10 nitrogen and oxygen atoms in total. The van der Waals surface area contributed by atoms with Crippen molar-refractivity contribution in [1.29, 1.82) is 0 Å². The molecule has 5 rings (SSSR count). The number of allylic oxidation sites excluding steroid dienone is 1. The summed E-state index contributed by atoms with van der Waals surface area (Å²) in [5.41, 5.74) is 4.19. The minimum absolute atomic E-state index is 0.0852. The number of ketones is 1. The lowest BCUT2D eigenvalue weighted by molar-refractivity contribution is -0.119. The molecule has 1 aliphatic carbocycles. The second kappa shape index (κ2) is 12.8. The Morgan fingerprint density at radius 1 is 0.773 bits per heavy atom. The van der Waals surface area contributed by atoms with Crippen LogP contribution in [0.25, 0.3) is 0 Å². The van der Waals surface area contributed by atoms with E-state index in [0.717, 1.165) is 16.9 Å². The van der Waals surface area contributed by atoms with Crippen molar-refractivity contribution in [2.45, 2.75) is 38.1 Å². The predicted molar refractivity (Wildman–Crippen MR) is 167 cm³/mol. The number of hydrogen-bond donors (Lipinski definition) is 1. The van der Waals surface area contributed by atoms with E-state index in [1.807, 2.05) is 43.3 Å². The maximum absolute atomic E-state index is 14.4. The standard InChI is InChI=1S/C34H38N2O8/c1-8-30(38)36-24-12-10-9-11-22(24)35-23-13-19(20-15-26(39-2)33(43-6)27(16-20)40-3)14-25(37)31(23)32(36)21-17-28(41-4)34(44-7)29(18-21)42-5/h9-12,15-19,32,35H,8,13-14H2,1-7H3/t19-,32-/m1/s1. The molecule has 1 amide bonds. The number of Topliss-reactive ketones (excluding diaryl/α,β-unsaturated/α-hetero) is 1. The average Bonchev–Trinajstić information content (AvgIpc) is 3.21. The number of rotatable bonds is 9. The van der Waals surface area contributed by atoms with Crippen molar-refractivity contribution in [3.8, 4) is 34.5 Å². The molecule has 0 unspecified atom stereocenters. The zero-order valence-electron chi connectivity index (χ0n) is 26.1. The van der Waals surface area contributed by atoms with Gasteiger partial charge in [-0.05, 0) is 59.9 Å². The van der Waals surface area contributed by atoms with Crippen LogP contribution >= 0.6 is 0 Å². The largest absolute Gasteiger partial charge is 0.493 e. The van der Waals surface area contributed by atoms with Crippen LogP contribution < -0.4 is 38.6 Å². The lowest BCUT2D eigenvalue weighted by Gasteiger charge is -2.35. The highest BCUT2D eigenvalue weighted by Gasteiger charge is 2.42. The molecule has 2 aliphatic rings. The summed E-state index contributed by atoms with van der Waals surface area (Å²) in [5, 5.41) is 3.55. The number of carbonyl (C=O) groups is 2. The molecule has 10 heteroatoms. The van der Waals surface area contributed by atoms with E-state index in [2.05, 4.69) is 5.32 Å². The van der Waals surface area contributed by atoms with Crippen molar-refractivity contribution in [2.24, 2.45) is 0 Å². The summed E-state index contributed by atoms with van der Waals surface area (Å²) in [5.74, 6) is 2.39. The number of anilines is 2. The number of methoxy groups -OCH3 is 6. The smallest absolute Gasteiger partial charge is 0.227 e. The van der Waals surface area contributed by atoms with Gasteiger partial charge in [0.15, 0.2) is 28.8 Å². The molecular weight excluding hydrogens is 564 g/mol. The molecule has 1 aliphatic heterocycles. The van der Waals surface area contributed by atoms with Gasteiger partial charge in [0, 0.05) is 24.1 Å². The first-order chi connectivity index (χ1) is 21.3. The molecule has 2 atom stereocenters. The van der Waals surface area contributed by atoms with Crippen molar-refractivity contribution in [3.05, 3.63) is 70.9 Å². The van der Waals surface area contributed by atoms with E-state index in [1.54, 1.807) is 52.6 Å². The normalized spacial score (nSPS) is 17.5. The summed E-state index contributed by atoms with van der Waals surface area (Å²) in [6, 6.07) is 14.2. The van der Waals surface area contributed by atoms with E-state index in [1.165, 1.54) is 7.11 Å². The van der Waals surface area contributed by atoms with E-state index in [-0.39, 0.29) is 30.4 Å². The highest BCUT2D eigenvalue weighted by molar-refractivity contribution is 6.06. The Hall–Kier alpha value is -4.86. The van der Waals surface area contributed by atoms with Gasteiger partial charge in [0.05, 0.1) is 60.1 Å². The zero-order valence-corrected chi connectivity index (χ0v) is 26.1. The SMILES string of the molecule is CCC(=O)N1c2ccccc2NC2=C(C(=O)C[C@H](c3cc(OC)c(OC)c(OC)c3)C2)[C@H]1c1cc(OC)c(OC)c(OC)c1. The van der Waals surface area contributed by atoms with Gasteiger partial charge in [-0.25, -0.2) is 0 Å². The fraction of sp³-hybridized carbons (Fsp3) is 0.353. The van der Waals surface area contributed by atoms with Crippen LogP contribution in [-0.4, -0.2) is 54.3 Å². The van der Waals surface area contributed by atoms with Gasteiger partial charge in [0.1, 0.15) is 0 Å². The lowest BCUT2D eigenvalue weighted by atomic mass is 9.78. The Kier molecular flexibility index (Phi) is 8.89. The Morgan fingerprint density at radius 3 is 1.80 bits per heavy atom. The van der Waals surface area contributed by atoms with Gasteiger partial charge in [0.25, 0.3) is 0 Å². The number of hydrogen-bond acceptors (Lipinski definition) is 9. The van der Waals surface area contributed by atoms with Crippen LogP contribution in [0, 0.1) is 0 Å². The van der Waals surface area contributed by atoms with Crippen LogP contribution in [0.4, 0.5) is 11.4 Å². The van der Waals surface area contributed by atoms with Crippen LogP contribution in [-0.2, 0) is 9.59 Å². The molecule has 0 saturated heterocycles. The molecule has 0 radical (unpaired) electrons. The van der Waals surface area contributed by atoms with Gasteiger partial charge in [-0.2, -0.15) is 0 Å². The Labute approximate surface area is 257 Å². The Morgan fingerprint density at radius 2 is 1.30 bits per heavy atom. The number of ether oxygens (including phenoxy) is 6. The maximum atomic E-state index is 14.4. The van der Waals surface area contributed by atoms with Gasteiger partial charge >= 0.3 is 0 Å². The molecule has 0 saturated carbocycles. The number of carbonyl (C=O) groups excluding carboxylic acids is 2. The van der Waals surface area contributed by atoms with Crippen LogP contribution in [0.3, 0.4) is 0 Å². The average molecular weight is 603 g/mol. The number of fused-ring (bicyclic) bond motifs is 1. The van der Waals surface area contributed by atoms with Crippen LogP contribution in [0.5, 0.6) is 34.5 Å². The third-order valence-corrected chi connectivity index (χ3v) is 8.22. The van der Waals surface area contributed by atoms with Crippen molar-refractivity contribution >= 4 is 23.1 Å². The van der Waals surface area contributed by atoms with Crippen LogP contribution in [0.15, 0.2) is 59.8 Å². The second-order valence-electron chi connectivity index (χ2n) is 10.5. The molecule has 0 spiro atoms. The summed E-state index contributed by atoms with van der Waals surface area (Å²) in [7, 11) is 9.31. The van der Waals surface area contributed by atoms with E-state index in [4.69, 9.17) is 28.4 Å². The van der Waals surface area contributed by atoms with Gasteiger partial charge < -0.3 is 33.7 Å². The summed E-state index contributed by atoms with van der Waals surface area (Å²) in [4.78, 5) is 29.9. The van der Waals surface area contributed by atoms with Gasteiger partial charge in [-0.1, -0.05) is 19.1 Å². The molecule has 1 heterocycles. The summed E-state index contributed by atoms with van der Waals surface area (Å²) in [6.45, 7) is 1.81. The summed E-state index contributed by atoms with van der Waals surface area (Å²) >= 11 is 0. The Bertz CT molecular complexity index is 1560. The predicted octanol–water partition coefficient (Wildman–Crippen LogP) is 6.05. The fourth-order valence-electron chi connectivity index (χ4n) is 6.18. The van der Waals surface area contributed by atoms with E-state index in [9.17, 15) is 9.59 Å². The van der Waals surface area contributed by atoms with Crippen LogP contribution in [0.2, 0.25) is 0 Å². The molecule has 0 fully saturated rings. The van der Waals surface area contributed by atoms with Crippen molar-refractivity contribution in [2.75, 3.05) is 52.9 Å². The highest BCUT2D eigenvalue weighted by Crippen LogP contribution is 2.51. The molecule has 44 heavy (non-hydrogen) atoms. The molecule has 3 aromatic rings. The van der Waals surface area contributed by atoms with Gasteiger partial charge in [-0.15, -0.1) is 0 Å². The second-order valence-corrected chi connectivity index (χ2v) is 10.5. The first-order valence-corrected chi connectivity index (χ1v) is 14.4. The first-order valence-electron chi connectivity index (χ1n) is 14.4. The first kappa shape index (κ1) is 30.6. The summed E-state index contributed by atoms with van der Waals surface area (Å²) < 4.78 is 33.6. The quantitative estimate of drug-likeness (QED) is 0.313. The third kappa shape index (κ3) is 5.25. The maximum Gasteiger partial charge on any atom is 0.227 e. The molecular formula is C34H38N2O8. The van der Waals surface area contributed by atoms with Crippen LogP contribution in [0.1, 0.15) is 49.3 Å². The topological polar surface area (TPSA) is 105 Å². The molecule has 0 aromatic heterocycles. The third-order valence-electron chi connectivity index (χ3n) is 8.22. The fourth-order valence-corrected chi connectivity index (χ4v) is 6.18.